The molecule has 4 nitrogen and oxygen atoms in total. The number of nitrogen functional groups attached to an aromatic ring is 1. The number of hydrogen-bond donors (Lipinski definition) is 2. The number of nitrogens with two attached hydrogens (primary N) is 1. The van der Waals surface area contributed by atoms with Crippen molar-refractivity contribution in [3.63, 3.8) is 0 Å². The summed E-state index contributed by atoms with van der Waals surface area (Å²) < 4.78 is 27.7. The Hall–Kier alpha value is -0.720. The Morgan fingerprint density at radius 1 is 1.19 bits per heavy atom. The van der Waals surface area contributed by atoms with Gasteiger partial charge in [-0.1, -0.05) is 13.8 Å². The highest BCUT2D eigenvalue weighted by Crippen LogP contribution is 2.30. The van der Waals surface area contributed by atoms with Crippen molar-refractivity contribution in [2.75, 3.05) is 18.5 Å². The number of nitrogens with one attached hydrogen (secondary N) is 1. The van der Waals surface area contributed by atoms with Crippen LogP contribution in [-0.2, 0) is 10.0 Å². The summed E-state index contributed by atoms with van der Waals surface area (Å²) in [6, 6.07) is 3.36. The van der Waals surface area contributed by atoms with Gasteiger partial charge in [-0.3, -0.25) is 0 Å². The quantitative estimate of drug-likeness (QED) is 0.754. The van der Waals surface area contributed by atoms with Crippen LogP contribution in [0.1, 0.15) is 37.8 Å². The average Bonchev–Trinajstić information content (AvgIpc) is 2.45. The van der Waals surface area contributed by atoms with Crippen molar-refractivity contribution in [3.05, 3.63) is 23.3 Å². The zero-order valence-corrected chi connectivity index (χ0v) is 15.1. The van der Waals surface area contributed by atoms with Gasteiger partial charge < -0.3 is 5.73 Å². The Bertz CT molecular complexity index is 586. The maximum Gasteiger partial charge on any atom is 0.242 e. The van der Waals surface area contributed by atoms with Gasteiger partial charge in [-0.05, 0) is 56.2 Å². The van der Waals surface area contributed by atoms with E-state index in [4.69, 9.17) is 5.73 Å². The van der Waals surface area contributed by atoms with Gasteiger partial charge in [-0.2, -0.15) is 11.8 Å². The Morgan fingerprint density at radius 2 is 1.71 bits per heavy atom. The third kappa shape index (κ3) is 4.14. The van der Waals surface area contributed by atoms with E-state index >= 15 is 0 Å². The standard InChI is InChI=1S/C15H26N2O2S2/c1-6-15(7-2,20-5)10-17-21(18,19)14-9-12(4)11(3)8-13(14)16/h8-9,17H,6-7,10,16H2,1-5H3. The average molecular weight is 331 g/mol. The van der Waals surface area contributed by atoms with Crippen molar-refractivity contribution in [1.29, 1.82) is 0 Å². The summed E-state index contributed by atoms with van der Waals surface area (Å²) in [5, 5.41) is 0. The molecule has 0 aliphatic heterocycles. The normalized spacial score (nSPS) is 12.6. The minimum Gasteiger partial charge on any atom is -0.398 e. The molecule has 0 saturated heterocycles. The second-order valence-corrected chi connectivity index (χ2v) is 8.40. The van der Waals surface area contributed by atoms with Crippen LogP contribution in [0.5, 0.6) is 0 Å². The molecule has 0 amide bonds. The summed E-state index contributed by atoms with van der Waals surface area (Å²) in [7, 11) is -3.58. The van der Waals surface area contributed by atoms with Crippen molar-refractivity contribution in [1.82, 2.24) is 4.72 Å². The van der Waals surface area contributed by atoms with Crippen molar-refractivity contribution < 1.29 is 8.42 Å². The first kappa shape index (κ1) is 18.3. The van der Waals surface area contributed by atoms with E-state index in [1.54, 1.807) is 23.9 Å². The summed E-state index contributed by atoms with van der Waals surface area (Å²) in [6.07, 6.45) is 3.84. The summed E-state index contributed by atoms with van der Waals surface area (Å²) >= 11 is 1.70. The predicted molar refractivity (Wildman–Crippen MR) is 92.3 cm³/mol. The van der Waals surface area contributed by atoms with Crippen LogP contribution >= 0.6 is 11.8 Å². The van der Waals surface area contributed by atoms with Crippen LogP contribution in [0.25, 0.3) is 0 Å². The fourth-order valence-electron chi connectivity index (χ4n) is 2.21. The second-order valence-electron chi connectivity index (χ2n) is 5.39. The highest BCUT2D eigenvalue weighted by atomic mass is 32.2. The van der Waals surface area contributed by atoms with Gasteiger partial charge in [0.25, 0.3) is 0 Å². The highest BCUT2D eigenvalue weighted by Gasteiger charge is 2.28. The van der Waals surface area contributed by atoms with Crippen molar-refractivity contribution in [2.45, 2.75) is 50.2 Å². The first-order chi connectivity index (χ1) is 9.71. The molecule has 0 aliphatic rings. The zero-order chi connectivity index (χ0) is 16.3. The SMILES string of the molecule is CCC(CC)(CNS(=O)(=O)c1cc(C)c(C)cc1N)SC. The third-order valence-electron chi connectivity index (χ3n) is 4.22. The number of sulfonamides is 1. The number of anilines is 1. The first-order valence-corrected chi connectivity index (χ1v) is 9.83. The molecule has 0 radical (unpaired) electrons. The van der Waals surface area contributed by atoms with Gasteiger partial charge in [-0.15, -0.1) is 0 Å². The van der Waals surface area contributed by atoms with Crippen LogP contribution in [-0.4, -0.2) is 26.0 Å². The number of rotatable bonds is 7. The molecule has 21 heavy (non-hydrogen) atoms. The Morgan fingerprint density at radius 3 is 2.19 bits per heavy atom. The van der Waals surface area contributed by atoms with Gasteiger partial charge in [0.1, 0.15) is 4.90 Å². The lowest BCUT2D eigenvalue weighted by molar-refractivity contribution is 0.522. The molecule has 0 spiro atoms. The van der Waals surface area contributed by atoms with Crippen LogP contribution < -0.4 is 10.5 Å². The minimum absolute atomic E-state index is 0.0679. The van der Waals surface area contributed by atoms with Gasteiger partial charge in [0, 0.05) is 11.3 Å². The molecular formula is C15H26N2O2S2. The fraction of sp³-hybridized carbons (Fsp3) is 0.600. The Labute approximate surface area is 132 Å². The maximum absolute atomic E-state index is 12.5. The molecule has 1 aromatic carbocycles. The summed E-state index contributed by atoms with van der Waals surface area (Å²) in [5.41, 5.74) is 8.10. The number of aryl methyl sites for hydroxylation is 2. The van der Waals surface area contributed by atoms with Crippen molar-refractivity contribution in [2.24, 2.45) is 0 Å². The molecule has 120 valence electrons. The molecule has 6 heteroatoms. The monoisotopic (exact) mass is 330 g/mol. The molecule has 0 aromatic heterocycles. The second kappa shape index (κ2) is 7.03. The van der Waals surface area contributed by atoms with Crippen LogP contribution in [0.2, 0.25) is 0 Å². The zero-order valence-electron chi connectivity index (χ0n) is 13.5. The van der Waals surface area contributed by atoms with E-state index in [-0.39, 0.29) is 9.64 Å². The van der Waals surface area contributed by atoms with Gasteiger partial charge in [0.05, 0.1) is 5.69 Å². The number of benzene rings is 1. The lowest BCUT2D eigenvalue weighted by Crippen LogP contribution is -2.39. The van der Waals surface area contributed by atoms with Crippen molar-refractivity contribution in [3.8, 4) is 0 Å². The van der Waals surface area contributed by atoms with Gasteiger partial charge >= 0.3 is 0 Å². The largest absolute Gasteiger partial charge is 0.398 e. The fourth-order valence-corrected chi connectivity index (χ4v) is 4.42. The van der Waals surface area contributed by atoms with Crippen LogP contribution in [0, 0.1) is 13.8 Å². The van der Waals surface area contributed by atoms with E-state index in [0.29, 0.717) is 12.2 Å². The highest BCUT2D eigenvalue weighted by molar-refractivity contribution is 8.00. The molecule has 0 heterocycles. The number of hydrogen-bond acceptors (Lipinski definition) is 4. The third-order valence-corrected chi connectivity index (χ3v) is 7.27. The molecule has 0 saturated carbocycles. The lowest BCUT2D eigenvalue weighted by atomic mass is 10.0. The van der Waals surface area contributed by atoms with Crippen LogP contribution in [0.3, 0.4) is 0 Å². The molecule has 0 unspecified atom stereocenters. The predicted octanol–water partition coefficient (Wildman–Crippen LogP) is 3.09. The first-order valence-electron chi connectivity index (χ1n) is 7.13. The van der Waals surface area contributed by atoms with E-state index in [0.717, 1.165) is 24.0 Å². The number of thioether (sulfide) groups is 1. The van der Waals surface area contributed by atoms with E-state index in [1.807, 2.05) is 20.1 Å². The smallest absolute Gasteiger partial charge is 0.242 e. The molecule has 1 aromatic rings. The van der Waals surface area contributed by atoms with E-state index < -0.39 is 10.0 Å². The Balaban J connectivity index is 3.05. The van der Waals surface area contributed by atoms with Crippen molar-refractivity contribution >= 4 is 27.5 Å². The molecule has 0 fully saturated rings. The van der Waals surface area contributed by atoms with Gasteiger partial charge in [-0.25, -0.2) is 13.1 Å². The molecule has 0 atom stereocenters. The maximum atomic E-state index is 12.5. The molecule has 3 N–H and O–H groups in total. The molecule has 0 bridgehead atoms. The summed E-state index contributed by atoms with van der Waals surface area (Å²) in [4.78, 5) is 0.174. The van der Waals surface area contributed by atoms with Gasteiger partial charge in [0.15, 0.2) is 0 Å². The molecule has 0 aliphatic carbocycles. The van der Waals surface area contributed by atoms with Crippen LogP contribution in [0.4, 0.5) is 5.69 Å². The lowest BCUT2D eigenvalue weighted by Gasteiger charge is -2.29. The van der Waals surface area contributed by atoms with E-state index in [9.17, 15) is 8.42 Å². The summed E-state index contributed by atoms with van der Waals surface area (Å²) in [6.45, 7) is 8.38. The topological polar surface area (TPSA) is 72.2 Å². The summed E-state index contributed by atoms with van der Waals surface area (Å²) in [5.74, 6) is 0. The van der Waals surface area contributed by atoms with E-state index in [2.05, 4.69) is 18.6 Å². The van der Waals surface area contributed by atoms with Gasteiger partial charge in [0.2, 0.25) is 10.0 Å². The molecular weight excluding hydrogens is 304 g/mol. The minimum atomic E-state index is -3.58. The van der Waals surface area contributed by atoms with E-state index in [1.165, 1.54) is 0 Å². The van der Waals surface area contributed by atoms with Crippen LogP contribution in [0.15, 0.2) is 17.0 Å². The molecule has 1 rings (SSSR count). The Kier molecular flexibility index (Phi) is 6.13.